The number of nitrogens with one attached hydrogen (secondary N) is 2. The van der Waals surface area contributed by atoms with Crippen molar-refractivity contribution in [1.82, 2.24) is 14.9 Å². The molecule has 0 radical (unpaired) electrons. The number of rotatable bonds is 6. The fourth-order valence-corrected chi connectivity index (χ4v) is 4.99. The van der Waals surface area contributed by atoms with Crippen LogP contribution >= 0.6 is 0 Å². The van der Waals surface area contributed by atoms with E-state index in [1.165, 1.54) is 25.4 Å². The Bertz CT molecular complexity index is 1310. The molecule has 0 aliphatic carbocycles. The van der Waals surface area contributed by atoms with Crippen molar-refractivity contribution in [1.29, 1.82) is 0 Å². The minimum absolute atomic E-state index is 0.0419. The molecule has 9 nitrogen and oxygen atoms in total. The van der Waals surface area contributed by atoms with Crippen LogP contribution in [0, 0.1) is 6.92 Å². The van der Waals surface area contributed by atoms with Gasteiger partial charge in [0.05, 0.1) is 18.8 Å². The van der Waals surface area contributed by atoms with Gasteiger partial charge in [0.2, 0.25) is 5.88 Å². The first-order chi connectivity index (χ1) is 19.2. The van der Waals surface area contributed by atoms with Gasteiger partial charge in [-0.25, -0.2) is 14.8 Å². The van der Waals surface area contributed by atoms with Crippen LogP contribution in [0.25, 0.3) is 0 Å². The minimum atomic E-state index is -4.50. The number of morpholine rings is 1. The molecule has 2 amide bonds. The van der Waals surface area contributed by atoms with Crippen molar-refractivity contribution in [3.63, 3.8) is 0 Å². The van der Waals surface area contributed by atoms with Crippen molar-refractivity contribution >= 4 is 23.2 Å². The topological polar surface area (TPSA) is 91.9 Å². The quantitative estimate of drug-likeness (QED) is 0.412. The summed E-state index contributed by atoms with van der Waals surface area (Å²) in [5.41, 5.74) is -0.227. The van der Waals surface area contributed by atoms with Gasteiger partial charge in [-0.3, -0.25) is 4.90 Å². The molecule has 2 fully saturated rings. The van der Waals surface area contributed by atoms with Crippen molar-refractivity contribution in [3.05, 3.63) is 66.0 Å². The summed E-state index contributed by atoms with van der Waals surface area (Å²) in [6.07, 6.45) is -0.891. The minimum Gasteiger partial charge on any atom is -0.439 e. The molecule has 2 saturated heterocycles. The molecule has 0 atom stereocenters. The molecule has 12 heteroatoms. The Morgan fingerprint density at radius 3 is 2.33 bits per heavy atom. The number of aryl methyl sites for hydroxylation is 1. The lowest BCUT2D eigenvalue weighted by atomic mass is 10.0. The SMILES string of the molecule is Cc1ccc(NC(=O)Nc2ccc(Oc3cc(N4CCC(N5CCOCC5)CC4)ncn3)cc2)cc1C(F)(F)F. The number of alkyl halides is 3. The summed E-state index contributed by atoms with van der Waals surface area (Å²) in [5, 5.41) is 5.04. The smallest absolute Gasteiger partial charge is 0.416 e. The van der Waals surface area contributed by atoms with E-state index < -0.39 is 17.8 Å². The molecule has 2 aromatic carbocycles. The lowest BCUT2D eigenvalue weighted by Crippen LogP contribution is -2.49. The van der Waals surface area contributed by atoms with Crippen molar-refractivity contribution < 1.29 is 27.4 Å². The second-order valence-corrected chi connectivity index (χ2v) is 9.81. The summed E-state index contributed by atoms with van der Waals surface area (Å²) in [7, 11) is 0. The monoisotopic (exact) mass is 556 g/mol. The lowest BCUT2D eigenvalue weighted by Gasteiger charge is -2.40. The number of benzene rings is 2. The first-order valence-corrected chi connectivity index (χ1v) is 13.2. The van der Waals surface area contributed by atoms with Crippen molar-refractivity contribution in [2.45, 2.75) is 32.0 Å². The van der Waals surface area contributed by atoms with Gasteiger partial charge in [-0.15, -0.1) is 0 Å². The van der Waals surface area contributed by atoms with E-state index >= 15 is 0 Å². The summed E-state index contributed by atoms with van der Waals surface area (Å²) in [6.45, 7) is 6.76. The van der Waals surface area contributed by atoms with E-state index in [1.54, 1.807) is 24.3 Å². The molecule has 2 aliphatic heterocycles. The van der Waals surface area contributed by atoms with Crippen LogP contribution in [-0.4, -0.2) is 66.3 Å². The number of aromatic nitrogens is 2. The maximum absolute atomic E-state index is 13.1. The van der Waals surface area contributed by atoms with E-state index in [4.69, 9.17) is 9.47 Å². The summed E-state index contributed by atoms with van der Waals surface area (Å²) >= 11 is 0. The van der Waals surface area contributed by atoms with Crippen molar-refractivity contribution in [3.8, 4) is 11.6 Å². The first kappa shape index (κ1) is 27.7. The maximum Gasteiger partial charge on any atom is 0.416 e. The number of amides is 2. The molecule has 2 aliphatic rings. The summed E-state index contributed by atoms with van der Waals surface area (Å²) < 4.78 is 50.8. The van der Waals surface area contributed by atoms with E-state index in [0.717, 1.165) is 64.1 Å². The number of anilines is 3. The third-order valence-electron chi connectivity index (χ3n) is 7.11. The molecular weight excluding hydrogens is 525 g/mol. The van der Waals surface area contributed by atoms with Gasteiger partial charge in [0.1, 0.15) is 17.9 Å². The highest BCUT2D eigenvalue weighted by molar-refractivity contribution is 5.99. The Morgan fingerprint density at radius 1 is 0.950 bits per heavy atom. The van der Waals surface area contributed by atoms with Crippen LogP contribution in [0.15, 0.2) is 54.9 Å². The molecule has 5 rings (SSSR count). The van der Waals surface area contributed by atoms with Gasteiger partial charge < -0.3 is 25.0 Å². The second kappa shape index (κ2) is 12.1. The predicted octanol–water partition coefficient (Wildman–Crippen LogP) is 5.54. The van der Waals surface area contributed by atoms with Gasteiger partial charge in [0.25, 0.3) is 0 Å². The molecule has 3 aromatic rings. The van der Waals surface area contributed by atoms with Crippen LogP contribution < -0.4 is 20.3 Å². The van der Waals surface area contributed by atoms with E-state index in [0.29, 0.717) is 23.4 Å². The maximum atomic E-state index is 13.1. The number of piperidine rings is 1. The number of hydrogen-bond donors (Lipinski definition) is 2. The standard InChI is InChI=1S/C28H31F3N6O3/c1-19-2-3-21(16-24(19)28(29,30)31)35-27(38)34-20-4-6-23(7-5-20)40-26-17-25(32-18-33-26)37-10-8-22(9-11-37)36-12-14-39-15-13-36/h2-7,16-18,22H,8-15H2,1H3,(H2,34,35,38). The third kappa shape index (κ3) is 6.99. The highest BCUT2D eigenvalue weighted by Gasteiger charge is 2.32. The highest BCUT2D eigenvalue weighted by atomic mass is 19.4. The number of hydrogen-bond acceptors (Lipinski definition) is 7. The Morgan fingerprint density at radius 2 is 1.62 bits per heavy atom. The van der Waals surface area contributed by atoms with Gasteiger partial charge in [-0.1, -0.05) is 6.07 Å². The molecule has 212 valence electrons. The van der Waals surface area contributed by atoms with Gasteiger partial charge in [0.15, 0.2) is 0 Å². The Balaban J connectivity index is 1.14. The number of halogens is 3. The molecule has 40 heavy (non-hydrogen) atoms. The van der Waals surface area contributed by atoms with Crippen LogP contribution in [0.2, 0.25) is 0 Å². The molecule has 0 unspecified atom stereocenters. The van der Waals surface area contributed by atoms with Crippen molar-refractivity contribution in [2.75, 3.05) is 54.9 Å². The zero-order valence-electron chi connectivity index (χ0n) is 22.1. The van der Waals surface area contributed by atoms with Crippen LogP contribution in [0.4, 0.5) is 35.2 Å². The van der Waals surface area contributed by atoms with Gasteiger partial charge in [0, 0.05) is 49.7 Å². The molecule has 2 N–H and O–H groups in total. The molecule has 3 heterocycles. The normalized spacial score (nSPS) is 16.9. The average Bonchev–Trinajstić information content (AvgIpc) is 2.95. The molecule has 0 spiro atoms. The summed E-state index contributed by atoms with van der Waals surface area (Å²) in [5.74, 6) is 1.72. The molecule has 0 bridgehead atoms. The molecular formula is C28H31F3N6O3. The molecule has 1 aromatic heterocycles. The first-order valence-electron chi connectivity index (χ1n) is 13.2. The van der Waals surface area contributed by atoms with E-state index in [9.17, 15) is 18.0 Å². The van der Waals surface area contributed by atoms with Gasteiger partial charge in [-0.2, -0.15) is 13.2 Å². The number of ether oxygens (including phenoxy) is 2. The summed E-state index contributed by atoms with van der Waals surface area (Å²) in [6, 6.07) is 12.0. The fraction of sp³-hybridized carbons (Fsp3) is 0.393. The van der Waals surface area contributed by atoms with Crippen LogP contribution in [0.5, 0.6) is 11.6 Å². The Kier molecular flexibility index (Phi) is 8.36. The van der Waals surface area contributed by atoms with E-state index in [-0.39, 0.29) is 11.3 Å². The highest BCUT2D eigenvalue weighted by Crippen LogP contribution is 2.33. The zero-order chi connectivity index (χ0) is 28.1. The van der Waals surface area contributed by atoms with Gasteiger partial charge in [-0.05, 0) is 61.7 Å². The Labute approximate surface area is 230 Å². The Hall–Kier alpha value is -3.90. The van der Waals surface area contributed by atoms with Crippen LogP contribution in [-0.2, 0) is 10.9 Å². The number of carbonyl (C=O) groups excluding carboxylic acids is 1. The van der Waals surface area contributed by atoms with E-state index in [1.807, 2.05) is 6.07 Å². The number of urea groups is 1. The van der Waals surface area contributed by atoms with Crippen LogP contribution in [0.3, 0.4) is 0 Å². The largest absolute Gasteiger partial charge is 0.439 e. The second-order valence-electron chi connectivity index (χ2n) is 9.81. The number of carbonyl (C=O) groups is 1. The predicted molar refractivity (Wildman–Crippen MR) is 145 cm³/mol. The number of nitrogens with zero attached hydrogens (tertiary/aromatic N) is 4. The van der Waals surface area contributed by atoms with Crippen LogP contribution in [0.1, 0.15) is 24.0 Å². The fourth-order valence-electron chi connectivity index (χ4n) is 4.99. The average molecular weight is 557 g/mol. The van der Waals surface area contributed by atoms with Gasteiger partial charge >= 0.3 is 12.2 Å². The zero-order valence-corrected chi connectivity index (χ0v) is 22.1. The lowest BCUT2D eigenvalue weighted by molar-refractivity contribution is -0.138. The van der Waals surface area contributed by atoms with Crippen molar-refractivity contribution in [2.24, 2.45) is 0 Å². The molecule has 0 saturated carbocycles. The third-order valence-corrected chi connectivity index (χ3v) is 7.11. The van der Waals surface area contributed by atoms with E-state index in [2.05, 4.69) is 30.4 Å². The summed E-state index contributed by atoms with van der Waals surface area (Å²) in [4.78, 5) is 25.7.